The number of hydrogen-bond donors (Lipinski definition) is 3. The Labute approximate surface area is 176 Å². The highest BCUT2D eigenvalue weighted by Crippen LogP contribution is 2.37. The number of rotatable bonds is 3. The number of phenols is 1. The highest BCUT2D eigenvalue weighted by Gasteiger charge is 2.38. The predicted octanol–water partition coefficient (Wildman–Crippen LogP) is 4.23. The Balaban J connectivity index is 0.000000516. The molecule has 1 unspecified atom stereocenters. The fraction of sp³-hybridized carbons (Fsp3) is 0.556. The largest absolute Gasteiger partial charge is 0.508 e. The van der Waals surface area contributed by atoms with Crippen molar-refractivity contribution in [2.45, 2.75) is 38.9 Å². The van der Waals surface area contributed by atoms with Gasteiger partial charge in [-0.1, -0.05) is 37.0 Å². The Morgan fingerprint density at radius 1 is 1.17 bits per heavy atom. The number of amides is 1. The summed E-state index contributed by atoms with van der Waals surface area (Å²) in [6.45, 7) is 5.23. The lowest BCUT2D eigenvalue weighted by Crippen LogP contribution is -2.42. The fourth-order valence-electron chi connectivity index (χ4n) is 2.92. The first-order chi connectivity index (χ1) is 13.3. The number of aromatic hydroxyl groups is 1. The molecule has 0 aliphatic carbocycles. The summed E-state index contributed by atoms with van der Waals surface area (Å²) in [5.74, 6) is -2.27. The summed E-state index contributed by atoms with van der Waals surface area (Å²) in [6, 6.07) is 2.75. The van der Waals surface area contributed by atoms with E-state index in [9.17, 15) is 23.1 Å². The summed E-state index contributed by atoms with van der Waals surface area (Å²) in [6.07, 6.45) is -3.45. The first kappa shape index (κ1) is 25.3. The van der Waals surface area contributed by atoms with Gasteiger partial charge in [0.2, 0.25) is 5.91 Å². The molecule has 0 spiro atoms. The van der Waals surface area contributed by atoms with Gasteiger partial charge in [0.25, 0.3) is 0 Å². The van der Waals surface area contributed by atoms with Crippen LogP contribution in [0.3, 0.4) is 0 Å². The van der Waals surface area contributed by atoms with Crippen LogP contribution in [-0.4, -0.2) is 46.3 Å². The molecule has 0 aromatic heterocycles. The topological polar surface area (TPSA) is 104 Å². The molecule has 0 saturated carbocycles. The number of carboxylic acids is 1. The molecule has 4 N–H and O–H groups in total. The number of nitrogens with zero attached hydrogens (tertiary/aromatic N) is 1. The maximum absolute atomic E-state index is 12.0. The monoisotopic (exact) mass is 458 g/mol. The molecule has 29 heavy (non-hydrogen) atoms. The van der Waals surface area contributed by atoms with Gasteiger partial charge in [0.1, 0.15) is 5.75 Å². The van der Waals surface area contributed by atoms with Crippen LogP contribution in [0.4, 0.5) is 13.2 Å². The van der Waals surface area contributed by atoms with Gasteiger partial charge in [0.15, 0.2) is 0 Å². The van der Waals surface area contributed by atoms with Gasteiger partial charge in [-0.25, -0.2) is 4.79 Å². The van der Waals surface area contributed by atoms with Gasteiger partial charge in [0.05, 0.1) is 10.0 Å². The number of aliphatic carboxylic acids is 1. The number of halogens is 5. The van der Waals surface area contributed by atoms with E-state index in [1.165, 1.54) is 6.07 Å². The van der Waals surface area contributed by atoms with Crippen molar-refractivity contribution < 1.29 is 33.0 Å². The van der Waals surface area contributed by atoms with E-state index in [0.717, 1.165) is 12.8 Å². The minimum atomic E-state index is -5.08. The zero-order chi connectivity index (χ0) is 22.5. The minimum absolute atomic E-state index is 0.0179. The van der Waals surface area contributed by atoms with Crippen LogP contribution < -0.4 is 5.73 Å². The average molecular weight is 459 g/mol. The Hall–Kier alpha value is -1.71. The number of likely N-dealkylation sites (tertiary alicyclic amines) is 1. The van der Waals surface area contributed by atoms with Crippen molar-refractivity contribution >= 4 is 35.1 Å². The smallest absolute Gasteiger partial charge is 0.490 e. The van der Waals surface area contributed by atoms with Crippen molar-refractivity contribution in [3.8, 4) is 5.75 Å². The minimum Gasteiger partial charge on any atom is -0.508 e. The number of benzene rings is 1. The highest BCUT2D eigenvalue weighted by molar-refractivity contribution is 6.42. The van der Waals surface area contributed by atoms with Crippen LogP contribution in [0.15, 0.2) is 12.1 Å². The van der Waals surface area contributed by atoms with E-state index in [4.69, 9.17) is 38.8 Å². The highest BCUT2D eigenvalue weighted by atomic mass is 35.5. The second-order valence-electron chi connectivity index (χ2n) is 6.97. The third kappa shape index (κ3) is 7.24. The fourth-order valence-corrected chi connectivity index (χ4v) is 3.25. The van der Waals surface area contributed by atoms with Gasteiger partial charge in [-0.15, -0.1) is 0 Å². The van der Waals surface area contributed by atoms with Crippen LogP contribution in [0.1, 0.15) is 38.3 Å². The number of alkyl halides is 3. The quantitative estimate of drug-likeness (QED) is 0.628. The van der Waals surface area contributed by atoms with E-state index in [1.54, 1.807) is 6.07 Å². The SMILES string of the molecule is CC(C)C(=O)N1CCC(C(N)c2cc(Cl)c(Cl)cc2O)CC1.O=C(O)C(F)(F)F. The third-order valence-electron chi connectivity index (χ3n) is 4.52. The normalized spacial score (nSPS) is 16.2. The molecule has 1 saturated heterocycles. The second-order valence-corrected chi connectivity index (χ2v) is 7.79. The number of carbonyl (C=O) groups is 2. The van der Waals surface area contributed by atoms with E-state index < -0.39 is 12.1 Å². The summed E-state index contributed by atoms with van der Waals surface area (Å²) < 4.78 is 31.7. The van der Waals surface area contributed by atoms with Crippen LogP contribution in [0.25, 0.3) is 0 Å². The van der Waals surface area contributed by atoms with Crippen molar-refractivity contribution in [2.24, 2.45) is 17.6 Å². The molecule has 1 amide bonds. The zero-order valence-corrected chi connectivity index (χ0v) is 17.4. The Morgan fingerprint density at radius 2 is 1.62 bits per heavy atom. The summed E-state index contributed by atoms with van der Waals surface area (Å²) in [7, 11) is 0. The maximum Gasteiger partial charge on any atom is 0.490 e. The Morgan fingerprint density at radius 3 is 2.03 bits per heavy atom. The molecule has 2 rings (SSSR count). The Bertz CT molecular complexity index is 737. The van der Waals surface area contributed by atoms with Crippen LogP contribution in [0, 0.1) is 11.8 Å². The van der Waals surface area contributed by atoms with Gasteiger partial charge in [-0.05, 0) is 24.8 Å². The van der Waals surface area contributed by atoms with Crippen molar-refractivity contribution in [1.82, 2.24) is 4.90 Å². The lowest BCUT2D eigenvalue weighted by molar-refractivity contribution is -0.192. The van der Waals surface area contributed by atoms with Crippen molar-refractivity contribution in [3.63, 3.8) is 0 Å². The Kier molecular flexibility index (Phi) is 9.05. The number of phenolic OH excluding ortho intramolecular Hbond substituents is 1. The van der Waals surface area contributed by atoms with Crippen LogP contribution >= 0.6 is 23.2 Å². The van der Waals surface area contributed by atoms with Gasteiger partial charge >= 0.3 is 12.1 Å². The molecule has 1 aromatic rings. The second kappa shape index (κ2) is 10.4. The van der Waals surface area contributed by atoms with Crippen LogP contribution in [0.2, 0.25) is 10.0 Å². The molecule has 1 fully saturated rings. The van der Waals surface area contributed by atoms with E-state index in [1.807, 2.05) is 18.7 Å². The molecule has 6 nitrogen and oxygen atoms in total. The molecule has 1 aliphatic rings. The first-order valence-corrected chi connectivity index (χ1v) is 9.53. The maximum atomic E-state index is 12.0. The molecule has 1 aliphatic heterocycles. The molecule has 1 aromatic carbocycles. The number of piperidine rings is 1. The van der Waals surface area contributed by atoms with Gasteiger partial charge in [-0.2, -0.15) is 13.2 Å². The number of nitrogens with two attached hydrogens (primary N) is 1. The number of hydrogen-bond acceptors (Lipinski definition) is 4. The summed E-state index contributed by atoms with van der Waals surface area (Å²) in [5, 5.41) is 17.9. The third-order valence-corrected chi connectivity index (χ3v) is 5.25. The van der Waals surface area contributed by atoms with E-state index in [-0.39, 0.29) is 29.5 Å². The molecular formula is C18H23Cl2F3N2O4. The lowest BCUT2D eigenvalue weighted by Gasteiger charge is -2.36. The van der Waals surface area contributed by atoms with Crippen molar-refractivity contribution in [1.29, 1.82) is 0 Å². The van der Waals surface area contributed by atoms with Crippen LogP contribution in [0.5, 0.6) is 5.75 Å². The van der Waals surface area contributed by atoms with Crippen molar-refractivity contribution in [3.05, 3.63) is 27.7 Å². The van der Waals surface area contributed by atoms with Crippen molar-refractivity contribution in [2.75, 3.05) is 13.1 Å². The first-order valence-electron chi connectivity index (χ1n) is 8.78. The zero-order valence-electron chi connectivity index (χ0n) is 15.8. The summed E-state index contributed by atoms with van der Waals surface area (Å²) >= 11 is 11.9. The molecular weight excluding hydrogens is 436 g/mol. The molecule has 11 heteroatoms. The number of carbonyl (C=O) groups excluding carboxylic acids is 1. The molecule has 0 radical (unpaired) electrons. The average Bonchev–Trinajstić information content (AvgIpc) is 2.63. The molecule has 1 heterocycles. The van der Waals surface area contributed by atoms with E-state index in [0.29, 0.717) is 28.7 Å². The van der Waals surface area contributed by atoms with Gasteiger partial charge in [0, 0.05) is 36.7 Å². The van der Waals surface area contributed by atoms with Crippen LogP contribution in [-0.2, 0) is 9.59 Å². The molecule has 164 valence electrons. The number of carboxylic acid groups (broad SMARTS) is 1. The van der Waals surface area contributed by atoms with Gasteiger partial charge in [-0.3, -0.25) is 4.79 Å². The molecule has 1 atom stereocenters. The predicted molar refractivity (Wildman–Crippen MR) is 103 cm³/mol. The van der Waals surface area contributed by atoms with E-state index in [2.05, 4.69) is 0 Å². The lowest BCUT2D eigenvalue weighted by atomic mass is 9.85. The standard InChI is InChI=1S/C16H22Cl2N2O2.C2HF3O2/c1-9(2)16(22)20-5-3-10(4-6-20)15(19)11-7-12(17)13(18)8-14(11)21;3-2(4,5)1(6)7/h7-10,15,21H,3-6,19H2,1-2H3;(H,6,7). The van der Waals surface area contributed by atoms with Gasteiger partial charge < -0.3 is 20.8 Å². The summed E-state index contributed by atoms with van der Waals surface area (Å²) in [5.41, 5.74) is 6.92. The summed E-state index contributed by atoms with van der Waals surface area (Å²) in [4.78, 5) is 22.8. The van der Waals surface area contributed by atoms with E-state index >= 15 is 0 Å². The molecule has 0 bridgehead atoms.